The van der Waals surface area contributed by atoms with Crippen LogP contribution in [0.3, 0.4) is 0 Å². The number of nitrogens with zero attached hydrogens (tertiary/aromatic N) is 2. The second kappa shape index (κ2) is 5.14. The summed E-state index contributed by atoms with van der Waals surface area (Å²) in [6, 6.07) is 1.19. The average molecular weight is 268 g/mol. The minimum Gasteiger partial charge on any atom is -0.402 e. The van der Waals surface area contributed by atoms with E-state index in [1.54, 1.807) is 0 Å². The molecule has 0 aliphatic rings. The first-order valence-electron chi connectivity index (χ1n) is 4.36. The molecule has 0 bridgehead atoms. The highest BCUT2D eigenvalue weighted by Crippen LogP contribution is 2.34. The molecule has 0 fully saturated rings. The van der Waals surface area contributed by atoms with Crippen molar-refractivity contribution in [3.05, 3.63) is 23.0 Å². The first kappa shape index (κ1) is 14.1. The molecule has 0 saturated carbocycles. The van der Waals surface area contributed by atoms with Crippen LogP contribution >= 0.6 is 0 Å². The van der Waals surface area contributed by atoms with Crippen LogP contribution in [0, 0.1) is 11.3 Å². The molecular weight excluding hydrogens is 263 g/mol. The molecule has 0 aromatic carbocycles. The first-order valence-corrected chi connectivity index (χ1v) is 4.36. The Kier molecular flexibility index (Phi) is 4.03. The SMILES string of the molecule is N#Cc1c(C(F)F)cnc(CO)c1OC(F)(F)F. The van der Waals surface area contributed by atoms with Gasteiger partial charge in [0.1, 0.15) is 17.3 Å². The first-order chi connectivity index (χ1) is 8.30. The fourth-order valence-corrected chi connectivity index (χ4v) is 1.17. The number of hydrogen-bond donors (Lipinski definition) is 1. The standard InChI is InChI=1S/C9H5F5N2O2/c10-8(11)5-2-16-6(3-17)7(4(5)1-15)18-9(12,13)14/h2,8,17H,3H2. The highest BCUT2D eigenvalue weighted by molar-refractivity contribution is 5.50. The van der Waals surface area contributed by atoms with Gasteiger partial charge in [0.15, 0.2) is 5.75 Å². The number of halogens is 5. The predicted molar refractivity (Wildman–Crippen MR) is 46.5 cm³/mol. The summed E-state index contributed by atoms with van der Waals surface area (Å²) in [6.45, 7) is -0.983. The fourth-order valence-electron chi connectivity index (χ4n) is 1.17. The molecular formula is C9H5F5N2O2. The van der Waals surface area contributed by atoms with Crippen LogP contribution in [0.1, 0.15) is 23.2 Å². The molecule has 98 valence electrons. The summed E-state index contributed by atoms with van der Waals surface area (Å²) in [5.74, 6) is -1.20. The van der Waals surface area contributed by atoms with Gasteiger partial charge >= 0.3 is 6.36 Å². The third kappa shape index (κ3) is 3.04. The molecule has 0 atom stereocenters. The summed E-state index contributed by atoms with van der Waals surface area (Å²) in [6.07, 6.45) is -7.84. The average Bonchev–Trinajstić information content (AvgIpc) is 2.26. The molecule has 0 aliphatic carbocycles. The van der Waals surface area contributed by atoms with E-state index in [2.05, 4.69) is 9.72 Å². The van der Waals surface area contributed by atoms with Gasteiger partial charge in [-0.1, -0.05) is 0 Å². The van der Waals surface area contributed by atoms with Gasteiger partial charge in [0.25, 0.3) is 6.43 Å². The van der Waals surface area contributed by atoms with Crippen molar-refractivity contribution < 1.29 is 31.8 Å². The Bertz CT molecular complexity index is 481. The predicted octanol–water partition coefficient (Wildman–Crippen LogP) is 2.28. The van der Waals surface area contributed by atoms with Crippen molar-refractivity contribution in [2.45, 2.75) is 19.4 Å². The molecule has 0 unspecified atom stereocenters. The monoisotopic (exact) mass is 268 g/mol. The van der Waals surface area contributed by atoms with Crippen molar-refractivity contribution in [1.82, 2.24) is 4.98 Å². The van der Waals surface area contributed by atoms with Gasteiger partial charge in [-0.2, -0.15) is 5.26 Å². The van der Waals surface area contributed by atoms with Gasteiger partial charge in [-0.15, -0.1) is 13.2 Å². The number of aliphatic hydroxyl groups excluding tert-OH is 1. The van der Waals surface area contributed by atoms with Crippen LogP contribution in [0.25, 0.3) is 0 Å². The summed E-state index contributed by atoms with van der Waals surface area (Å²) in [4.78, 5) is 3.21. The number of pyridine rings is 1. The summed E-state index contributed by atoms with van der Waals surface area (Å²) >= 11 is 0. The number of aromatic nitrogens is 1. The quantitative estimate of drug-likeness (QED) is 0.854. The molecule has 1 N–H and O–H groups in total. The maximum atomic E-state index is 12.5. The van der Waals surface area contributed by atoms with Crippen molar-refractivity contribution in [1.29, 1.82) is 5.26 Å². The van der Waals surface area contributed by atoms with Crippen molar-refractivity contribution in [2.24, 2.45) is 0 Å². The number of aliphatic hydroxyl groups is 1. The molecule has 1 aromatic rings. The van der Waals surface area contributed by atoms with E-state index in [9.17, 15) is 22.0 Å². The van der Waals surface area contributed by atoms with Crippen LogP contribution in [0.15, 0.2) is 6.20 Å². The van der Waals surface area contributed by atoms with Crippen LogP contribution in [0.5, 0.6) is 5.75 Å². The molecule has 0 radical (unpaired) electrons. The van der Waals surface area contributed by atoms with Gasteiger partial charge < -0.3 is 9.84 Å². The molecule has 0 aliphatic heterocycles. The van der Waals surface area contributed by atoms with Crippen molar-refractivity contribution in [3.8, 4) is 11.8 Å². The smallest absolute Gasteiger partial charge is 0.402 e. The van der Waals surface area contributed by atoms with Crippen LogP contribution in [-0.4, -0.2) is 16.5 Å². The van der Waals surface area contributed by atoms with Gasteiger partial charge in [0.05, 0.1) is 12.2 Å². The number of alkyl halides is 5. The van der Waals surface area contributed by atoms with Gasteiger partial charge in [-0.25, -0.2) is 8.78 Å². The second-order valence-electron chi connectivity index (χ2n) is 2.98. The van der Waals surface area contributed by atoms with Crippen LogP contribution < -0.4 is 4.74 Å². The van der Waals surface area contributed by atoms with Gasteiger partial charge in [0.2, 0.25) is 0 Å². The fraction of sp³-hybridized carbons (Fsp3) is 0.333. The van der Waals surface area contributed by atoms with E-state index in [4.69, 9.17) is 10.4 Å². The molecule has 1 rings (SSSR count). The van der Waals surface area contributed by atoms with E-state index in [1.807, 2.05) is 0 Å². The lowest BCUT2D eigenvalue weighted by Crippen LogP contribution is -2.20. The van der Waals surface area contributed by atoms with Gasteiger partial charge in [0, 0.05) is 6.20 Å². The summed E-state index contributed by atoms with van der Waals surface area (Å²) in [7, 11) is 0. The molecule has 0 spiro atoms. The Morgan fingerprint density at radius 3 is 2.44 bits per heavy atom. The summed E-state index contributed by atoms with van der Waals surface area (Å²) in [5.41, 5.74) is -2.64. The lowest BCUT2D eigenvalue weighted by molar-refractivity contribution is -0.275. The summed E-state index contributed by atoms with van der Waals surface area (Å²) in [5, 5.41) is 17.4. The number of nitriles is 1. The molecule has 9 heteroatoms. The number of ether oxygens (including phenoxy) is 1. The van der Waals surface area contributed by atoms with E-state index in [0.717, 1.165) is 0 Å². The van der Waals surface area contributed by atoms with Crippen molar-refractivity contribution in [2.75, 3.05) is 0 Å². The molecule has 4 nitrogen and oxygen atoms in total. The van der Waals surface area contributed by atoms with Crippen LogP contribution in [-0.2, 0) is 6.61 Å². The Labute approximate surface area is 97.2 Å². The maximum Gasteiger partial charge on any atom is 0.573 e. The minimum absolute atomic E-state index is 0.526. The number of rotatable bonds is 3. The second-order valence-corrected chi connectivity index (χ2v) is 2.98. The molecule has 18 heavy (non-hydrogen) atoms. The molecule has 0 amide bonds. The van der Waals surface area contributed by atoms with Crippen LogP contribution in [0.2, 0.25) is 0 Å². The Hall–Kier alpha value is -1.95. The third-order valence-electron chi connectivity index (χ3n) is 1.85. The van der Waals surface area contributed by atoms with E-state index in [0.29, 0.717) is 6.20 Å². The zero-order valence-electron chi connectivity index (χ0n) is 8.50. The van der Waals surface area contributed by atoms with E-state index >= 15 is 0 Å². The zero-order valence-corrected chi connectivity index (χ0v) is 8.50. The lowest BCUT2D eigenvalue weighted by atomic mass is 10.1. The zero-order chi connectivity index (χ0) is 13.9. The van der Waals surface area contributed by atoms with Gasteiger partial charge in [-0.3, -0.25) is 4.98 Å². The van der Waals surface area contributed by atoms with Gasteiger partial charge in [-0.05, 0) is 0 Å². The summed E-state index contributed by atoms with van der Waals surface area (Å²) < 4.78 is 64.6. The van der Waals surface area contributed by atoms with E-state index in [1.165, 1.54) is 6.07 Å². The normalized spacial score (nSPS) is 11.4. The third-order valence-corrected chi connectivity index (χ3v) is 1.85. The van der Waals surface area contributed by atoms with E-state index in [-0.39, 0.29) is 0 Å². The highest BCUT2D eigenvalue weighted by Gasteiger charge is 2.35. The molecule has 1 aromatic heterocycles. The van der Waals surface area contributed by atoms with Crippen LogP contribution in [0.4, 0.5) is 22.0 Å². The maximum absolute atomic E-state index is 12.5. The highest BCUT2D eigenvalue weighted by atomic mass is 19.4. The number of hydrogen-bond acceptors (Lipinski definition) is 4. The molecule has 0 saturated heterocycles. The Morgan fingerprint density at radius 2 is 2.06 bits per heavy atom. The minimum atomic E-state index is -5.18. The lowest BCUT2D eigenvalue weighted by Gasteiger charge is -2.14. The molecule has 1 heterocycles. The van der Waals surface area contributed by atoms with Crippen molar-refractivity contribution >= 4 is 0 Å². The topological polar surface area (TPSA) is 66.1 Å². The Balaban J connectivity index is 3.43. The van der Waals surface area contributed by atoms with E-state index < -0.39 is 42.0 Å². The Morgan fingerprint density at radius 1 is 1.44 bits per heavy atom. The van der Waals surface area contributed by atoms with Crippen molar-refractivity contribution in [3.63, 3.8) is 0 Å². The largest absolute Gasteiger partial charge is 0.573 e.